The van der Waals surface area contributed by atoms with Crippen molar-refractivity contribution >= 4 is 6.03 Å². The number of benzene rings is 1. The lowest BCUT2D eigenvalue weighted by atomic mass is 10.1. The highest BCUT2D eigenvalue weighted by molar-refractivity contribution is 5.74. The van der Waals surface area contributed by atoms with Crippen LogP contribution < -0.4 is 5.32 Å². The monoisotopic (exact) mass is 355 g/mol. The fourth-order valence-corrected chi connectivity index (χ4v) is 3.31. The molecule has 0 atom stereocenters. The first-order chi connectivity index (χ1) is 12.7. The highest BCUT2D eigenvalue weighted by atomic mass is 16.2. The van der Waals surface area contributed by atoms with Crippen LogP contribution in [0.3, 0.4) is 0 Å². The number of rotatable bonds is 7. The van der Waals surface area contributed by atoms with Crippen LogP contribution in [0.25, 0.3) is 0 Å². The van der Waals surface area contributed by atoms with Crippen molar-refractivity contribution in [3.63, 3.8) is 0 Å². The molecule has 1 aromatic heterocycles. The Morgan fingerprint density at radius 1 is 1.12 bits per heavy atom. The smallest absolute Gasteiger partial charge is 0.317 e. The summed E-state index contributed by atoms with van der Waals surface area (Å²) in [5.74, 6) is 1.05. The van der Waals surface area contributed by atoms with Crippen molar-refractivity contribution in [3.8, 4) is 0 Å². The van der Waals surface area contributed by atoms with Gasteiger partial charge in [0.05, 0.1) is 0 Å². The first kappa shape index (κ1) is 18.5. The molecule has 26 heavy (non-hydrogen) atoms. The number of nitrogens with one attached hydrogen (secondary N) is 1. The lowest BCUT2D eigenvalue weighted by Crippen LogP contribution is -2.52. The van der Waals surface area contributed by atoms with Gasteiger partial charge in [-0.2, -0.15) is 0 Å². The average molecular weight is 355 g/mol. The van der Waals surface area contributed by atoms with Gasteiger partial charge >= 0.3 is 6.03 Å². The molecule has 1 aliphatic rings. The number of urea groups is 1. The molecule has 2 amide bonds. The molecular weight excluding hydrogens is 326 g/mol. The molecule has 0 bridgehead atoms. The maximum atomic E-state index is 12.3. The minimum absolute atomic E-state index is 0.0724. The van der Waals surface area contributed by atoms with Crippen LogP contribution in [0.4, 0.5) is 4.79 Å². The number of aryl methyl sites for hydroxylation is 2. The normalized spacial score (nSPS) is 15.2. The number of carbonyl (C=O) groups is 1. The van der Waals surface area contributed by atoms with Gasteiger partial charge in [-0.3, -0.25) is 4.90 Å². The lowest BCUT2D eigenvalue weighted by Gasteiger charge is -2.34. The van der Waals surface area contributed by atoms with Gasteiger partial charge in [-0.25, -0.2) is 9.78 Å². The Hall–Kier alpha value is -2.34. The van der Waals surface area contributed by atoms with E-state index in [1.807, 2.05) is 30.3 Å². The van der Waals surface area contributed by atoms with Crippen LogP contribution in [0.15, 0.2) is 42.7 Å². The van der Waals surface area contributed by atoms with Crippen LogP contribution in [-0.4, -0.2) is 64.7 Å². The second kappa shape index (κ2) is 9.38. The van der Waals surface area contributed by atoms with Gasteiger partial charge in [0, 0.05) is 58.2 Å². The molecular formula is C20H29N5O. The molecule has 2 aromatic rings. The Kier molecular flexibility index (Phi) is 6.66. The van der Waals surface area contributed by atoms with Crippen molar-refractivity contribution in [2.45, 2.75) is 26.3 Å². The summed E-state index contributed by atoms with van der Waals surface area (Å²) in [6, 6.07) is 10.5. The third-order valence-corrected chi connectivity index (χ3v) is 5.00. The summed E-state index contributed by atoms with van der Waals surface area (Å²) in [6.45, 7) is 8.19. The average Bonchev–Trinajstić information content (AvgIpc) is 3.09. The predicted molar refractivity (Wildman–Crippen MR) is 103 cm³/mol. The summed E-state index contributed by atoms with van der Waals surface area (Å²) in [4.78, 5) is 20.9. The number of amides is 2. The summed E-state index contributed by atoms with van der Waals surface area (Å²) in [6.07, 6.45) is 5.84. The van der Waals surface area contributed by atoms with E-state index >= 15 is 0 Å². The summed E-state index contributed by atoms with van der Waals surface area (Å²) in [7, 11) is 0. The van der Waals surface area contributed by atoms with Gasteiger partial charge < -0.3 is 14.8 Å². The third-order valence-electron chi connectivity index (χ3n) is 5.00. The van der Waals surface area contributed by atoms with Crippen LogP contribution in [0, 0.1) is 6.92 Å². The Bertz CT molecular complexity index is 677. The number of carbonyl (C=O) groups excluding carboxylic acids is 1. The van der Waals surface area contributed by atoms with Gasteiger partial charge in [-0.05, 0) is 25.3 Å². The summed E-state index contributed by atoms with van der Waals surface area (Å²) in [5, 5.41) is 3.06. The molecule has 3 rings (SSSR count). The summed E-state index contributed by atoms with van der Waals surface area (Å²) < 4.78 is 2.17. The highest BCUT2D eigenvalue weighted by Gasteiger charge is 2.20. The zero-order valence-electron chi connectivity index (χ0n) is 15.6. The second-order valence-electron chi connectivity index (χ2n) is 6.82. The van der Waals surface area contributed by atoms with Crippen LogP contribution in [0.1, 0.15) is 17.8 Å². The van der Waals surface area contributed by atoms with Crippen LogP contribution in [-0.2, 0) is 13.0 Å². The summed E-state index contributed by atoms with van der Waals surface area (Å²) in [5.41, 5.74) is 1.32. The molecule has 0 aliphatic carbocycles. The van der Waals surface area contributed by atoms with E-state index in [-0.39, 0.29) is 6.03 Å². The molecule has 140 valence electrons. The number of imidazole rings is 1. The fraction of sp³-hybridized carbons (Fsp3) is 0.500. The van der Waals surface area contributed by atoms with Crippen molar-refractivity contribution in [1.29, 1.82) is 0 Å². The molecule has 1 saturated heterocycles. The Labute approximate surface area is 155 Å². The third kappa shape index (κ3) is 5.33. The molecule has 0 spiro atoms. The van der Waals surface area contributed by atoms with Gasteiger partial charge in [-0.15, -0.1) is 0 Å². The van der Waals surface area contributed by atoms with Crippen molar-refractivity contribution in [3.05, 3.63) is 54.1 Å². The van der Waals surface area contributed by atoms with E-state index in [9.17, 15) is 4.79 Å². The highest BCUT2D eigenvalue weighted by Crippen LogP contribution is 2.05. The zero-order chi connectivity index (χ0) is 18.2. The molecule has 1 aromatic carbocycles. The Morgan fingerprint density at radius 3 is 2.58 bits per heavy atom. The van der Waals surface area contributed by atoms with Gasteiger partial charge in [0.25, 0.3) is 0 Å². The van der Waals surface area contributed by atoms with Crippen LogP contribution in [0.5, 0.6) is 0 Å². The predicted octanol–water partition coefficient (Wildman–Crippen LogP) is 2.15. The quantitative estimate of drug-likeness (QED) is 0.775. The van der Waals surface area contributed by atoms with Gasteiger partial charge in [0.1, 0.15) is 5.82 Å². The van der Waals surface area contributed by atoms with Gasteiger partial charge in [0.15, 0.2) is 0 Å². The van der Waals surface area contributed by atoms with E-state index in [0.29, 0.717) is 0 Å². The maximum absolute atomic E-state index is 12.3. The number of hydrogen-bond acceptors (Lipinski definition) is 3. The number of nitrogens with zero attached hydrogens (tertiary/aromatic N) is 4. The van der Waals surface area contributed by atoms with Crippen LogP contribution in [0.2, 0.25) is 0 Å². The number of aromatic nitrogens is 2. The van der Waals surface area contributed by atoms with Gasteiger partial charge in [-0.1, -0.05) is 30.3 Å². The fourth-order valence-electron chi connectivity index (χ4n) is 3.31. The SMILES string of the molecule is Cc1nccn1CCN1CCN(C(=O)NCCCc2ccccc2)CC1. The lowest BCUT2D eigenvalue weighted by molar-refractivity contribution is 0.136. The van der Waals surface area contributed by atoms with Crippen molar-refractivity contribution in [1.82, 2.24) is 24.7 Å². The Morgan fingerprint density at radius 2 is 1.88 bits per heavy atom. The van der Waals surface area contributed by atoms with E-state index in [1.165, 1.54) is 5.56 Å². The largest absolute Gasteiger partial charge is 0.338 e. The van der Waals surface area contributed by atoms with Crippen molar-refractivity contribution in [2.75, 3.05) is 39.3 Å². The molecule has 2 heterocycles. The van der Waals surface area contributed by atoms with E-state index in [4.69, 9.17) is 0 Å². The van der Waals surface area contributed by atoms with E-state index in [2.05, 4.69) is 44.0 Å². The first-order valence-electron chi connectivity index (χ1n) is 9.49. The molecule has 0 unspecified atom stereocenters. The molecule has 6 heteroatoms. The molecule has 6 nitrogen and oxygen atoms in total. The van der Waals surface area contributed by atoms with Crippen molar-refractivity contribution in [2.24, 2.45) is 0 Å². The topological polar surface area (TPSA) is 53.4 Å². The molecule has 1 fully saturated rings. The zero-order valence-corrected chi connectivity index (χ0v) is 15.6. The molecule has 1 N–H and O–H groups in total. The first-order valence-corrected chi connectivity index (χ1v) is 9.49. The maximum Gasteiger partial charge on any atom is 0.317 e. The van der Waals surface area contributed by atoms with E-state index in [0.717, 1.165) is 64.5 Å². The minimum atomic E-state index is 0.0724. The minimum Gasteiger partial charge on any atom is -0.338 e. The Balaban J connectivity index is 1.30. The van der Waals surface area contributed by atoms with Crippen molar-refractivity contribution < 1.29 is 4.79 Å². The number of piperazine rings is 1. The van der Waals surface area contributed by atoms with Crippen LogP contribution >= 0.6 is 0 Å². The molecule has 0 saturated carbocycles. The summed E-state index contributed by atoms with van der Waals surface area (Å²) >= 11 is 0. The standard InChI is InChI=1S/C20H29N5O/c1-18-21-10-11-24(18)15-12-23-13-16-25(17-14-23)20(26)22-9-5-8-19-6-3-2-4-7-19/h2-4,6-7,10-11H,5,8-9,12-17H2,1H3,(H,22,26). The second-order valence-corrected chi connectivity index (χ2v) is 6.82. The number of hydrogen-bond donors (Lipinski definition) is 1. The molecule has 1 aliphatic heterocycles. The van der Waals surface area contributed by atoms with Gasteiger partial charge in [0.2, 0.25) is 0 Å². The van der Waals surface area contributed by atoms with E-state index in [1.54, 1.807) is 0 Å². The molecule has 0 radical (unpaired) electrons. The van der Waals surface area contributed by atoms with E-state index < -0.39 is 0 Å².